The Balaban J connectivity index is 1.44. The molecule has 128 valence electrons. The summed E-state index contributed by atoms with van der Waals surface area (Å²) in [4.78, 5) is 14.4. The molecule has 1 aromatic carbocycles. The zero-order valence-electron chi connectivity index (χ0n) is 14.1. The van der Waals surface area contributed by atoms with E-state index < -0.39 is 0 Å². The van der Waals surface area contributed by atoms with Crippen LogP contribution in [0.2, 0.25) is 0 Å². The summed E-state index contributed by atoms with van der Waals surface area (Å²) in [6.45, 7) is 1.88. The fourth-order valence-corrected chi connectivity index (χ4v) is 3.90. The Morgan fingerprint density at radius 1 is 1.04 bits per heavy atom. The van der Waals surface area contributed by atoms with Crippen molar-refractivity contribution in [3.8, 4) is 5.69 Å². The molecule has 0 unspecified atom stereocenters. The molecule has 0 aliphatic carbocycles. The predicted molar refractivity (Wildman–Crippen MR) is 99.4 cm³/mol. The molecule has 0 bridgehead atoms. The van der Waals surface area contributed by atoms with Gasteiger partial charge in [-0.3, -0.25) is 4.79 Å². The van der Waals surface area contributed by atoms with Crippen molar-refractivity contribution in [2.45, 2.75) is 37.9 Å². The number of amides is 1. The van der Waals surface area contributed by atoms with E-state index in [4.69, 9.17) is 0 Å². The maximum Gasteiger partial charge on any atom is 0.232 e. The van der Waals surface area contributed by atoms with Crippen LogP contribution in [0.4, 0.5) is 0 Å². The van der Waals surface area contributed by atoms with Gasteiger partial charge >= 0.3 is 0 Å². The molecular formula is C19H25N3OS. The SMILES string of the molecule is O=C(CSCc1ccc(-n2cccn2)cc1)N1CCCCCCC1. The highest BCUT2D eigenvalue weighted by molar-refractivity contribution is 7.99. The first kappa shape index (κ1) is 17.1. The second-order valence-corrected chi connectivity index (χ2v) is 7.24. The Bertz CT molecular complexity index is 617. The normalized spacial score (nSPS) is 15.8. The first-order chi connectivity index (χ1) is 11.8. The smallest absolute Gasteiger partial charge is 0.232 e. The number of carbonyl (C=O) groups is 1. The quantitative estimate of drug-likeness (QED) is 0.826. The van der Waals surface area contributed by atoms with E-state index in [9.17, 15) is 4.79 Å². The first-order valence-corrected chi connectivity index (χ1v) is 9.93. The second kappa shape index (κ2) is 8.92. The molecule has 0 N–H and O–H groups in total. The Labute approximate surface area is 148 Å². The van der Waals surface area contributed by atoms with Gasteiger partial charge in [0.25, 0.3) is 0 Å². The maximum atomic E-state index is 12.4. The molecule has 0 spiro atoms. The summed E-state index contributed by atoms with van der Waals surface area (Å²) >= 11 is 1.71. The van der Waals surface area contributed by atoms with Gasteiger partial charge in [-0.2, -0.15) is 5.10 Å². The summed E-state index contributed by atoms with van der Waals surface area (Å²) in [5.41, 5.74) is 2.31. The summed E-state index contributed by atoms with van der Waals surface area (Å²) in [6.07, 6.45) is 9.88. The van der Waals surface area contributed by atoms with E-state index in [-0.39, 0.29) is 0 Å². The largest absolute Gasteiger partial charge is 0.342 e. The highest BCUT2D eigenvalue weighted by Gasteiger charge is 2.14. The van der Waals surface area contributed by atoms with Crippen molar-refractivity contribution in [1.82, 2.24) is 14.7 Å². The number of aromatic nitrogens is 2. The van der Waals surface area contributed by atoms with Gasteiger partial charge in [0, 0.05) is 31.2 Å². The van der Waals surface area contributed by atoms with Crippen LogP contribution in [0.5, 0.6) is 0 Å². The van der Waals surface area contributed by atoms with Crippen molar-refractivity contribution in [1.29, 1.82) is 0 Å². The number of carbonyl (C=O) groups excluding carboxylic acids is 1. The van der Waals surface area contributed by atoms with E-state index in [1.165, 1.54) is 24.8 Å². The minimum Gasteiger partial charge on any atom is -0.342 e. The summed E-state index contributed by atoms with van der Waals surface area (Å²) in [7, 11) is 0. The standard InChI is InChI=1S/C19H25N3OS/c23-19(21-12-4-2-1-3-5-13-21)16-24-15-17-7-9-18(10-8-17)22-14-6-11-20-22/h6-11,14H,1-5,12-13,15-16H2. The third kappa shape index (κ3) is 4.87. The zero-order valence-corrected chi connectivity index (χ0v) is 14.9. The number of nitrogens with zero attached hydrogens (tertiary/aromatic N) is 3. The van der Waals surface area contributed by atoms with E-state index in [0.717, 1.165) is 37.4 Å². The van der Waals surface area contributed by atoms with Crippen LogP contribution >= 0.6 is 11.8 Å². The lowest BCUT2D eigenvalue weighted by atomic mass is 10.1. The lowest BCUT2D eigenvalue weighted by molar-refractivity contribution is -0.128. The van der Waals surface area contributed by atoms with Crippen LogP contribution < -0.4 is 0 Å². The van der Waals surface area contributed by atoms with Crippen LogP contribution in [0, 0.1) is 0 Å². The molecule has 4 nitrogen and oxygen atoms in total. The van der Waals surface area contributed by atoms with Crippen molar-refractivity contribution in [3.63, 3.8) is 0 Å². The van der Waals surface area contributed by atoms with Crippen molar-refractivity contribution in [2.75, 3.05) is 18.8 Å². The van der Waals surface area contributed by atoms with Gasteiger partial charge in [0.1, 0.15) is 0 Å². The molecule has 0 radical (unpaired) electrons. The lowest BCUT2D eigenvalue weighted by Crippen LogP contribution is -2.35. The number of rotatable bonds is 5. The van der Waals surface area contributed by atoms with Gasteiger partial charge in [-0.1, -0.05) is 31.4 Å². The Morgan fingerprint density at radius 2 is 1.75 bits per heavy atom. The molecule has 2 heterocycles. The highest BCUT2D eigenvalue weighted by atomic mass is 32.2. The lowest BCUT2D eigenvalue weighted by Gasteiger charge is -2.24. The average Bonchev–Trinajstić information content (AvgIpc) is 3.09. The van der Waals surface area contributed by atoms with Gasteiger partial charge in [-0.15, -0.1) is 11.8 Å². The molecule has 1 amide bonds. The van der Waals surface area contributed by atoms with Crippen LogP contribution in [-0.2, 0) is 10.5 Å². The second-order valence-electron chi connectivity index (χ2n) is 6.26. The first-order valence-electron chi connectivity index (χ1n) is 8.77. The molecule has 1 aromatic heterocycles. The molecule has 0 atom stereocenters. The van der Waals surface area contributed by atoms with Gasteiger partial charge in [0.15, 0.2) is 0 Å². The third-order valence-corrected chi connectivity index (χ3v) is 5.40. The third-order valence-electron chi connectivity index (χ3n) is 4.41. The minimum atomic E-state index is 0.301. The van der Waals surface area contributed by atoms with E-state index in [2.05, 4.69) is 34.3 Å². The predicted octanol–water partition coefficient (Wildman–Crippen LogP) is 3.90. The molecule has 1 saturated heterocycles. The van der Waals surface area contributed by atoms with Crippen molar-refractivity contribution >= 4 is 17.7 Å². The van der Waals surface area contributed by atoms with E-state index in [1.807, 2.05) is 16.9 Å². The molecule has 2 aromatic rings. The van der Waals surface area contributed by atoms with Gasteiger partial charge in [-0.25, -0.2) is 4.68 Å². The van der Waals surface area contributed by atoms with Crippen LogP contribution in [0.25, 0.3) is 5.69 Å². The van der Waals surface area contributed by atoms with Crippen LogP contribution in [0.15, 0.2) is 42.7 Å². The van der Waals surface area contributed by atoms with Crippen molar-refractivity contribution < 1.29 is 4.79 Å². The number of hydrogen-bond acceptors (Lipinski definition) is 3. The summed E-state index contributed by atoms with van der Waals surface area (Å²) in [6, 6.07) is 10.3. The molecule has 1 aliphatic rings. The number of hydrogen-bond donors (Lipinski definition) is 0. The topological polar surface area (TPSA) is 38.1 Å². The molecule has 5 heteroatoms. The molecule has 3 rings (SSSR count). The molecule has 24 heavy (non-hydrogen) atoms. The fourth-order valence-electron chi connectivity index (χ4n) is 3.01. The van der Waals surface area contributed by atoms with E-state index in [1.54, 1.807) is 18.0 Å². The highest BCUT2D eigenvalue weighted by Crippen LogP contribution is 2.17. The van der Waals surface area contributed by atoms with Crippen molar-refractivity contribution in [2.24, 2.45) is 0 Å². The number of likely N-dealkylation sites (tertiary alicyclic amines) is 1. The number of benzene rings is 1. The molecule has 1 aliphatic heterocycles. The maximum absolute atomic E-state index is 12.4. The molecule has 1 fully saturated rings. The van der Waals surface area contributed by atoms with Crippen molar-refractivity contribution in [3.05, 3.63) is 48.3 Å². The zero-order chi connectivity index (χ0) is 16.6. The van der Waals surface area contributed by atoms with Crippen LogP contribution in [0.3, 0.4) is 0 Å². The summed E-state index contributed by atoms with van der Waals surface area (Å²) in [5.74, 6) is 1.76. The Morgan fingerprint density at radius 3 is 2.42 bits per heavy atom. The van der Waals surface area contributed by atoms with Crippen LogP contribution in [-0.4, -0.2) is 39.4 Å². The Kier molecular flexibility index (Phi) is 6.35. The average molecular weight is 343 g/mol. The van der Waals surface area contributed by atoms with Gasteiger partial charge in [0.2, 0.25) is 5.91 Å². The van der Waals surface area contributed by atoms with E-state index >= 15 is 0 Å². The Hall–Kier alpha value is -1.75. The minimum absolute atomic E-state index is 0.301. The molecule has 0 saturated carbocycles. The summed E-state index contributed by atoms with van der Waals surface area (Å²) in [5, 5.41) is 4.23. The van der Waals surface area contributed by atoms with Crippen LogP contribution in [0.1, 0.15) is 37.7 Å². The fraction of sp³-hybridized carbons (Fsp3) is 0.474. The summed E-state index contributed by atoms with van der Waals surface area (Å²) < 4.78 is 1.85. The van der Waals surface area contributed by atoms with E-state index in [0.29, 0.717) is 11.7 Å². The van der Waals surface area contributed by atoms with Gasteiger partial charge in [-0.05, 0) is 36.6 Å². The number of thioether (sulfide) groups is 1. The molecular weight excluding hydrogens is 318 g/mol. The van der Waals surface area contributed by atoms with Gasteiger partial charge in [0.05, 0.1) is 11.4 Å². The van der Waals surface area contributed by atoms with Gasteiger partial charge < -0.3 is 4.90 Å². The monoisotopic (exact) mass is 343 g/mol.